The number of methoxy groups -OCH3 is 3. The average Bonchev–Trinajstić information content (AvgIpc) is 2.70. The van der Waals surface area contributed by atoms with Gasteiger partial charge in [-0.15, -0.1) is 4.91 Å². The van der Waals surface area contributed by atoms with Gasteiger partial charge in [0, 0.05) is 12.6 Å². The molecule has 0 aliphatic carbocycles. The van der Waals surface area contributed by atoms with Crippen LogP contribution < -0.4 is 19.2 Å². The van der Waals surface area contributed by atoms with Crippen LogP contribution in [0.1, 0.15) is 5.56 Å². The van der Waals surface area contributed by atoms with Crippen LogP contribution in [0.5, 0.6) is 17.2 Å². The van der Waals surface area contributed by atoms with Gasteiger partial charge in [0.15, 0.2) is 11.5 Å². The second kappa shape index (κ2) is 9.08. The van der Waals surface area contributed by atoms with Crippen LogP contribution in [0.15, 0.2) is 59.5 Å². The van der Waals surface area contributed by atoms with Crippen molar-refractivity contribution >= 4 is 5.69 Å². The quantitative estimate of drug-likeness (QED) is 0.407. The Morgan fingerprint density at radius 1 is 1.12 bits per heavy atom. The molecule has 0 aliphatic heterocycles. The molecule has 0 atom stereocenters. The van der Waals surface area contributed by atoms with Crippen molar-refractivity contribution in [3.63, 3.8) is 0 Å². The van der Waals surface area contributed by atoms with Crippen molar-refractivity contribution in [1.82, 2.24) is 0 Å². The molecule has 0 spiro atoms. The second-order valence-corrected chi connectivity index (χ2v) is 5.24. The molecule has 134 valence electrons. The third-order valence-corrected chi connectivity index (χ3v) is 3.65. The monoisotopic (exact) mass is 353 g/mol. The maximum atomic E-state index is 11.2. The van der Waals surface area contributed by atoms with Gasteiger partial charge in [-0.1, -0.05) is 18.2 Å². The minimum absolute atomic E-state index is 0.270. The highest BCUT2D eigenvalue weighted by atomic mass is 16.5. The van der Waals surface area contributed by atoms with Gasteiger partial charge in [0.1, 0.15) is 0 Å². The van der Waals surface area contributed by atoms with Crippen LogP contribution in [0.4, 0.5) is 5.69 Å². The Bertz CT molecular complexity index is 803. The molecule has 0 saturated heterocycles. The van der Waals surface area contributed by atoms with Crippen LogP contribution in [0.2, 0.25) is 0 Å². The van der Waals surface area contributed by atoms with E-state index >= 15 is 0 Å². The molecule has 26 heavy (non-hydrogen) atoms. The summed E-state index contributed by atoms with van der Waals surface area (Å²) >= 11 is 0. The molecule has 0 aliphatic rings. The summed E-state index contributed by atoms with van der Waals surface area (Å²) in [5.74, 6) is 1.46. The molecule has 0 saturated carbocycles. The first-order chi connectivity index (χ1) is 12.7. The largest absolute Gasteiger partial charge is 0.493 e. The number of hydrogen-bond acceptors (Lipinski definition) is 6. The normalized spacial score (nSPS) is 10.6. The van der Waals surface area contributed by atoms with Gasteiger partial charge in [-0.2, -0.15) is 5.26 Å². The van der Waals surface area contributed by atoms with E-state index in [1.54, 1.807) is 36.4 Å². The number of nitroso groups, excluding NO2 is 1. The van der Waals surface area contributed by atoms with Gasteiger partial charge in [-0.3, -0.25) is 0 Å². The Morgan fingerprint density at radius 2 is 1.73 bits per heavy atom. The molecular formula is C19H19N3O4. The molecule has 0 radical (unpaired) electrons. The summed E-state index contributed by atoms with van der Waals surface area (Å²) in [6, 6.07) is 14.5. The van der Waals surface area contributed by atoms with Gasteiger partial charge >= 0.3 is 0 Å². The van der Waals surface area contributed by atoms with Gasteiger partial charge in [0.2, 0.25) is 5.75 Å². The number of anilines is 1. The molecular weight excluding hydrogens is 334 g/mol. The molecule has 0 N–H and O–H groups in total. The Hall–Kier alpha value is -3.53. The molecule has 2 aromatic carbocycles. The number of nitrogens with zero attached hydrogens (tertiary/aromatic N) is 3. The number of rotatable bonds is 8. The van der Waals surface area contributed by atoms with Crippen molar-refractivity contribution in [2.45, 2.75) is 6.42 Å². The predicted octanol–water partition coefficient (Wildman–Crippen LogP) is 3.85. The van der Waals surface area contributed by atoms with Gasteiger partial charge in [-0.05, 0) is 29.8 Å². The summed E-state index contributed by atoms with van der Waals surface area (Å²) < 4.78 is 15.9. The predicted molar refractivity (Wildman–Crippen MR) is 98.2 cm³/mol. The maximum Gasteiger partial charge on any atom is 0.203 e. The third kappa shape index (κ3) is 4.30. The van der Waals surface area contributed by atoms with Crippen LogP contribution in [-0.2, 0) is 6.42 Å². The van der Waals surface area contributed by atoms with Crippen molar-refractivity contribution in [3.05, 3.63) is 64.7 Å². The van der Waals surface area contributed by atoms with E-state index in [0.717, 1.165) is 10.6 Å². The fraction of sp³-hybridized carbons (Fsp3) is 0.211. The zero-order valence-corrected chi connectivity index (χ0v) is 14.8. The van der Waals surface area contributed by atoms with E-state index in [2.05, 4.69) is 11.4 Å². The number of nitriles is 1. The number of ether oxygens (including phenoxy) is 3. The van der Waals surface area contributed by atoms with E-state index in [4.69, 9.17) is 14.2 Å². The molecule has 7 nitrogen and oxygen atoms in total. The van der Waals surface area contributed by atoms with E-state index in [1.165, 1.54) is 27.5 Å². The summed E-state index contributed by atoms with van der Waals surface area (Å²) in [5, 5.41) is 13.5. The van der Waals surface area contributed by atoms with Gasteiger partial charge < -0.3 is 14.2 Å². The number of hydrogen-bond donors (Lipinski definition) is 0. The molecule has 7 heteroatoms. The van der Waals surface area contributed by atoms with E-state index in [-0.39, 0.29) is 6.42 Å². The van der Waals surface area contributed by atoms with Crippen LogP contribution in [0, 0.1) is 16.2 Å². The minimum Gasteiger partial charge on any atom is -0.493 e. The number of allylic oxidation sites excluding steroid dienone is 1. The average molecular weight is 353 g/mol. The van der Waals surface area contributed by atoms with Crippen LogP contribution in [0.25, 0.3) is 0 Å². The summed E-state index contributed by atoms with van der Waals surface area (Å²) in [6.45, 7) is 0. The summed E-state index contributed by atoms with van der Waals surface area (Å²) in [4.78, 5) is 11.2. The third-order valence-electron chi connectivity index (χ3n) is 3.65. The molecule has 0 bridgehead atoms. The Kier molecular flexibility index (Phi) is 6.57. The molecule has 0 fully saturated rings. The Balaban J connectivity index is 2.35. The highest BCUT2D eigenvalue weighted by Gasteiger charge is 2.14. The summed E-state index contributed by atoms with van der Waals surface area (Å²) in [5.41, 5.74) is 1.69. The second-order valence-electron chi connectivity index (χ2n) is 5.24. The highest BCUT2D eigenvalue weighted by Crippen LogP contribution is 2.38. The molecule has 2 aromatic rings. The van der Waals surface area contributed by atoms with E-state index in [0.29, 0.717) is 28.5 Å². The van der Waals surface area contributed by atoms with Gasteiger partial charge in [-0.25, -0.2) is 5.01 Å². The lowest BCUT2D eigenvalue weighted by atomic mass is 10.1. The highest BCUT2D eigenvalue weighted by molar-refractivity contribution is 5.55. The molecule has 0 unspecified atom stereocenters. The van der Waals surface area contributed by atoms with E-state index < -0.39 is 0 Å². The van der Waals surface area contributed by atoms with Crippen molar-refractivity contribution < 1.29 is 14.2 Å². The van der Waals surface area contributed by atoms with Crippen molar-refractivity contribution in [2.24, 2.45) is 5.29 Å². The number of benzene rings is 2. The maximum absolute atomic E-state index is 11.2. The van der Waals surface area contributed by atoms with Crippen molar-refractivity contribution in [3.8, 4) is 23.3 Å². The topological polar surface area (TPSA) is 84.2 Å². The SMILES string of the molecule is COc1cc(C/C(C#N)=C/N(N=O)c2ccccc2)cc(OC)c1OC. The van der Waals surface area contributed by atoms with E-state index in [1.807, 2.05) is 6.07 Å². The van der Waals surface area contributed by atoms with Crippen LogP contribution >= 0.6 is 0 Å². The summed E-state index contributed by atoms with van der Waals surface area (Å²) in [6.07, 6.45) is 1.68. The Morgan fingerprint density at radius 3 is 2.19 bits per heavy atom. The fourth-order valence-electron chi connectivity index (χ4n) is 2.44. The zero-order chi connectivity index (χ0) is 18.9. The number of para-hydroxylation sites is 1. The Labute approximate surface area is 152 Å². The van der Waals surface area contributed by atoms with Gasteiger partial charge in [0.25, 0.3) is 0 Å². The van der Waals surface area contributed by atoms with E-state index in [9.17, 15) is 10.2 Å². The fourth-order valence-corrected chi connectivity index (χ4v) is 2.44. The summed E-state index contributed by atoms with van der Waals surface area (Å²) in [7, 11) is 4.57. The van der Waals surface area contributed by atoms with Crippen molar-refractivity contribution in [2.75, 3.05) is 26.3 Å². The molecule has 0 heterocycles. The van der Waals surface area contributed by atoms with Gasteiger partial charge in [0.05, 0.1) is 43.9 Å². The van der Waals surface area contributed by atoms with Crippen molar-refractivity contribution in [1.29, 1.82) is 5.26 Å². The smallest absolute Gasteiger partial charge is 0.203 e. The molecule has 0 aromatic heterocycles. The standard InChI is InChI=1S/C19H19N3O4/c1-24-17-10-14(11-18(25-2)19(17)26-3)9-15(12-20)13-22(21-23)16-7-5-4-6-8-16/h4-8,10-11,13H,9H2,1-3H3/b15-13-. The zero-order valence-electron chi connectivity index (χ0n) is 14.8. The lowest BCUT2D eigenvalue weighted by Gasteiger charge is -2.14. The lowest BCUT2D eigenvalue weighted by Crippen LogP contribution is -2.08. The first kappa shape index (κ1) is 18.8. The van der Waals surface area contributed by atoms with Crippen LogP contribution in [-0.4, -0.2) is 21.3 Å². The van der Waals surface area contributed by atoms with Crippen LogP contribution in [0.3, 0.4) is 0 Å². The first-order valence-electron chi connectivity index (χ1n) is 7.74. The molecule has 0 amide bonds. The molecule has 2 rings (SSSR count). The lowest BCUT2D eigenvalue weighted by molar-refractivity contribution is 0.324. The first-order valence-corrected chi connectivity index (χ1v) is 7.74. The minimum atomic E-state index is 0.270.